The fraction of sp³-hybridized carbons (Fsp3) is 0.418. The minimum Gasteiger partial charge on any atom is -0.391 e. The normalized spacial score (nSPS) is 20.3. The minimum atomic E-state index is -4.38. The number of thiazole rings is 1. The number of ether oxygens (including phenoxy) is 1. The highest BCUT2D eigenvalue weighted by atomic mass is 32.2. The van der Waals surface area contributed by atoms with Crippen molar-refractivity contribution in [3.05, 3.63) is 124 Å². The average Bonchev–Trinajstić information content (AvgIpc) is 4.26. The van der Waals surface area contributed by atoms with Crippen molar-refractivity contribution >= 4 is 61.8 Å². The lowest BCUT2D eigenvalue weighted by atomic mass is 9.85. The number of likely N-dealkylation sites (tertiary alicyclic amines) is 1. The Morgan fingerprint density at radius 3 is 2.35 bits per heavy atom. The first-order valence-electron chi connectivity index (χ1n) is 25.5. The van der Waals surface area contributed by atoms with Crippen LogP contribution in [0.25, 0.3) is 32.6 Å². The first-order chi connectivity index (χ1) is 36.6. The maximum absolute atomic E-state index is 15.8. The molecule has 1 saturated carbocycles. The molecule has 3 fully saturated rings. The van der Waals surface area contributed by atoms with Gasteiger partial charge in [0.15, 0.2) is 5.82 Å². The van der Waals surface area contributed by atoms with Crippen molar-refractivity contribution in [2.75, 3.05) is 44.6 Å². The van der Waals surface area contributed by atoms with Crippen molar-refractivity contribution in [3.8, 4) is 21.6 Å². The summed E-state index contributed by atoms with van der Waals surface area (Å²) in [6.45, 7) is 7.65. The van der Waals surface area contributed by atoms with Gasteiger partial charge in [-0.1, -0.05) is 69.3 Å². The third-order valence-electron chi connectivity index (χ3n) is 14.7. The number of hydrogen-bond acceptors (Lipinski definition) is 12. The minimum absolute atomic E-state index is 0.0109. The molecule has 22 heteroatoms. The molecule has 77 heavy (non-hydrogen) atoms. The lowest BCUT2D eigenvalue weighted by Gasteiger charge is -2.41. The van der Waals surface area contributed by atoms with Crippen LogP contribution in [0.4, 0.5) is 18.9 Å². The van der Waals surface area contributed by atoms with Gasteiger partial charge >= 0.3 is 10.2 Å². The summed E-state index contributed by atoms with van der Waals surface area (Å²) in [6, 6.07) is 17.3. The Balaban J connectivity index is 0.734. The Labute approximate surface area is 448 Å². The van der Waals surface area contributed by atoms with E-state index in [-0.39, 0.29) is 62.7 Å². The second-order valence-corrected chi connectivity index (χ2v) is 23.7. The van der Waals surface area contributed by atoms with Crippen LogP contribution >= 0.6 is 11.3 Å². The van der Waals surface area contributed by atoms with Gasteiger partial charge < -0.3 is 35.3 Å². The Hall–Kier alpha value is -6.56. The van der Waals surface area contributed by atoms with Crippen LogP contribution in [0.15, 0.2) is 84.6 Å². The molecule has 0 unspecified atom stereocenters. The van der Waals surface area contributed by atoms with Crippen LogP contribution in [0.5, 0.6) is 0 Å². The number of nitrogens with zero attached hydrogens (tertiary/aromatic N) is 5. The van der Waals surface area contributed by atoms with Crippen molar-refractivity contribution in [1.29, 1.82) is 0 Å². The highest BCUT2D eigenvalue weighted by molar-refractivity contribution is 7.90. The summed E-state index contributed by atoms with van der Waals surface area (Å²) in [5.41, 5.74) is 5.05. The van der Waals surface area contributed by atoms with Crippen LogP contribution < -0.4 is 15.4 Å². The Bertz CT molecular complexity index is 3270. The molecule has 2 saturated heterocycles. The number of pyridine rings is 1. The van der Waals surface area contributed by atoms with Gasteiger partial charge in [-0.05, 0) is 85.5 Å². The number of fused-ring (bicyclic) bond motifs is 1. The predicted molar refractivity (Wildman–Crippen MR) is 286 cm³/mol. The maximum atomic E-state index is 15.8. The standard InChI is InChI=1S/C55H62F3N9O8S2/c1-31-50(76-30-62-31)35-12-8-33(9-13-35)24-61-53(71)45-23-39(68)28-67(45)54(72)51(55(2,3)4)63-46(69)29-75-40-21-38(22-40)65(5)18-16-32-6-10-34(11-7-32)36-20-41-42(26-60-52(41)59-25-36)49(70)47-43(57)14-15-44(48(47)58)64-77(73,74)66-19-17-37(56)27-66/h6-15,20,25-26,30,37-40,45,51,64,68H,16-19,21-24,27-29H2,1-5H3,(H,59,60)(H,61,71)(H,63,69)/t37-,38?,39-,40?,45+,51-/m1/s1. The molecule has 9 rings (SSSR count). The smallest absolute Gasteiger partial charge is 0.301 e. The number of aliphatic hydroxyl groups excluding tert-OH is 1. The van der Waals surface area contributed by atoms with E-state index in [0.717, 1.165) is 62.2 Å². The van der Waals surface area contributed by atoms with E-state index < -0.39 is 87.0 Å². The molecule has 2 aliphatic heterocycles. The summed E-state index contributed by atoms with van der Waals surface area (Å²) in [4.78, 5) is 71.0. The van der Waals surface area contributed by atoms with Crippen LogP contribution in [0.1, 0.15) is 79.2 Å². The molecule has 4 atom stereocenters. The quantitative estimate of drug-likeness (QED) is 0.0538. The number of aromatic amines is 1. The van der Waals surface area contributed by atoms with E-state index in [0.29, 0.717) is 29.4 Å². The fourth-order valence-electron chi connectivity index (χ4n) is 9.99. The van der Waals surface area contributed by atoms with Gasteiger partial charge in [-0.15, -0.1) is 11.3 Å². The van der Waals surface area contributed by atoms with Gasteiger partial charge in [0.25, 0.3) is 0 Å². The molecule has 5 N–H and O–H groups in total. The zero-order chi connectivity index (χ0) is 54.9. The highest BCUT2D eigenvalue weighted by Crippen LogP contribution is 2.33. The highest BCUT2D eigenvalue weighted by Gasteiger charge is 2.45. The molecular weight excluding hydrogens is 1040 g/mol. The number of rotatable bonds is 19. The number of amides is 3. The van der Waals surface area contributed by atoms with E-state index in [1.165, 1.54) is 11.1 Å². The number of carbonyl (C=O) groups excluding carboxylic acids is 4. The molecule has 0 spiro atoms. The van der Waals surface area contributed by atoms with Crippen molar-refractivity contribution in [2.24, 2.45) is 5.41 Å². The number of β-amino-alcohol motifs (C(OH)–C–C–N with tert-alkyl or cyclic N) is 1. The summed E-state index contributed by atoms with van der Waals surface area (Å²) in [5.74, 6) is -4.91. The molecule has 1 aliphatic carbocycles. The van der Waals surface area contributed by atoms with Crippen LogP contribution in [-0.4, -0.2) is 142 Å². The molecule has 0 radical (unpaired) electrons. The number of anilines is 1. The largest absolute Gasteiger partial charge is 0.391 e. The Kier molecular flexibility index (Phi) is 16.3. The van der Waals surface area contributed by atoms with Gasteiger partial charge in [0.1, 0.15) is 36.3 Å². The van der Waals surface area contributed by atoms with E-state index in [4.69, 9.17) is 4.74 Å². The van der Waals surface area contributed by atoms with E-state index >= 15 is 8.78 Å². The number of aryl methyl sites for hydroxylation is 1. The zero-order valence-electron chi connectivity index (χ0n) is 43.3. The number of ketones is 1. The molecule has 5 heterocycles. The number of likely N-dealkylation sites (N-methyl/N-ethyl adjacent to an activating group) is 1. The molecule has 3 aliphatic rings. The van der Waals surface area contributed by atoms with Gasteiger partial charge in [-0.3, -0.25) is 23.9 Å². The lowest BCUT2D eigenvalue weighted by molar-refractivity contribution is -0.145. The fourth-order valence-corrected chi connectivity index (χ4v) is 12.1. The summed E-state index contributed by atoms with van der Waals surface area (Å²) in [7, 11) is -2.34. The van der Waals surface area contributed by atoms with E-state index in [1.807, 2.05) is 88.0 Å². The number of halogens is 3. The molecule has 0 bridgehead atoms. The number of aliphatic hydroxyl groups is 1. The van der Waals surface area contributed by atoms with Crippen LogP contribution in [-0.2, 0) is 42.3 Å². The summed E-state index contributed by atoms with van der Waals surface area (Å²) < 4.78 is 79.2. The predicted octanol–water partition coefficient (Wildman–Crippen LogP) is 6.70. The first-order valence-corrected chi connectivity index (χ1v) is 27.8. The number of nitrogens with one attached hydrogen (secondary N) is 4. The first kappa shape index (κ1) is 55.2. The Morgan fingerprint density at radius 2 is 1.68 bits per heavy atom. The van der Waals surface area contributed by atoms with Crippen LogP contribution in [0, 0.1) is 24.0 Å². The van der Waals surface area contributed by atoms with Crippen LogP contribution in [0.2, 0.25) is 0 Å². The molecule has 17 nitrogen and oxygen atoms in total. The SMILES string of the molecule is Cc1ncsc1-c1ccc(CNC(=O)[C@@H]2C[C@@H](O)CN2C(=O)[C@@H](NC(=O)COC2CC(N(C)CCc3ccc(-c4cnc5[nH]cc(C(=O)c6c(F)ccc(NS(=O)(=O)N7CC[C@@H](F)C7)c6F)c5c4)cc3)C2)C(C)(C)C)cc1. The summed E-state index contributed by atoms with van der Waals surface area (Å²) >= 11 is 1.56. The van der Waals surface area contributed by atoms with Gasteiger partial charge in [0.05, 0.1) is 39.5 Å². The van der Waals surface area contributed by atoms with Gasteiger partial charge in [-0.2, -0.15) is 12.7 Å². The second-order valence-electron chi connectivity index (χ2n) is 21.2. The van der Waals surface area contributed by atoms with E-state index in [1.54, 1.807) is 29.1 Å². The van der Waals surface area contributed by atoms with Gasteiger partial charge in [0.2, 0.25) is 23.5 Å². The van der Waals surface area contributed by atoms with Crippen LogP contribution in [0.3, 0.4) is 0 Å². The summed E-state index contributed by atoms with van der Waals surface area (Å²) in [5, 5.41) is 16.7. The van der Waals surface area contributed by atoms with Crippen molar-refractivity contribution in [3.63, 3.8) is 0 Å². The molecular formula is C55H62F3N9O8S2. The lowest BCUT2D eigenvalue weighted by Crippen LogP contribution is -2.58. The number of alkyl halides is 1. The van der Waals surface area contributed by atoms with Crippen molar-refractivity contribution < 1.29 is 50.6 Å². The van der Waals surface area contributed by atoms with E-state index in [2.05, 4.69) is 30.5 Å². The third kappa shape index (κ3) is 12.4. The number of benzene rings is 3. The monoisotopic (exact) mass is 1100 g/mol. The number of H-pyrrole nitrogens is 1. The molecule has 6 aromatic rings. The van der Waals surface area contributed by atoms with Crippen molar-refractivity contribution in [2.45, 2.75) is 103 Å². The second kappa shape index (κ2) is 22.8. The van der Waals surface area contributed by atoms with E-state index in [9.17, 15) is 37.1 Å². The third-order valence-corrected chi connectivity index (χ3v) is 17.1. The average molecular weight is 1100 g/mol. The van der Waals surface area contributed by atoms with Gasteiger partial charge in [-0.25, -0.2) is 23.1 Å². The molecule has 3 amide bonds. The maximum Gasteiger partial charge on any atom is 0.301 e. The number of hydrogen-bond donors (Lipinski definition) is 5. The topological polar surface area (TPSA) is 219 Å². The number of carbonyl (C=O) groups is 4. The Morgan fingerprint density at radius 1 is 0.961 bits per heavy atom. The zero-order valence-corrected chi connectivity index (χ0v) is 44.9. The number of aromatic nitrogens is 3. The van der Waals surface area contributed by atoms with Crippen molar-refractivity contribution in [1.82, 2.24) is 39.7 Å². The molecule has 408 valence electrons. The molecule has 3 aromatic heterocycles. The van der Waals surface area contributed by atoms with Gasteiger partial charge in [0, 0.05) is 74.1 Å². The summed E-state index contributed by atoms with van der Waals surface area (Å²) in [6.07, 6.45) is 2.73. The molecule has 3 aromatic carbocycles.